The zero-order valence-electron chi connectivity index (χ0n) is 80.4. The van der Waals surface area contributed by atoms with E-state index in [1.165, 1.54) is 55.1 Å². The Kier molecular flexibility index (Phi) is 45.2. The molecule has 8 nitrogen and oxygen atoms in total. The molecule has 8 heterocycles. The fraction of sp³-hybridized carbons (Fsp3) is 1.00. The van der Waals surface area contributed by atoms with E-state index in [0.29, 0.717) is 47.7 Å². The summed E-state index contributed by atoms with van der Waals surface area (Å²) in [5.74, 6) is 11.3. The normalized spacial score (nSPS) is 30.7. The maximum Gasteiger partial charge on any atom is 0.578 e. The first kappa shape index (κ1) is 107. The first-order chi connectivity index (χ1) is 48.8. The molecule has 0 aliphatic carbocycles. The van der Waals surface area contributed by atoms with Crippen LogP contribution < -0.4 is 0 Å². The van der Waals surface area contributed by atoms with Crippen molar-refractivity contribution in [2.24, 2.45) is 101 Å². The van der Waals surface area contributed by atoms with Crippen LogP contribution in [0, 0.1) is 101 Å². The van der Waals surface area contributed by atoms with E-state index < -0.39 is 66.9 Å². The highest BCUT2D eigenvalue weighted by Gasteiger charge is 2.55. The van der Waals surface area contributed by atoms with Crippen molar-refractivity contribution < 1.29 is 34.1 Å². The predicted octanol–water partition coefficient (Wildman–Crippen LogP) is 26.8. The Bertz CT molecular complexity index is 2080. The van der Waals surface area contributed by atoms with Crippen LogP contribution in [0.25, 0.3) is 0 Å². The van der Waals surface area contributed by atoms with Crippen molar-refractivity contribution in [2.75, 3.05) is 31.7 Å². The van der Waals surface area contributed by atoms with Gasteiger partial charge in [0.1, 0.15) is 0 Å². The van der Waals surface area contributed by atoms with Crippen LogP contribution in [0.5, 0.6) is 0 Å². The van der Waals surface area contributed by atoms with Crippen LogP contribution in [0.3, 0.4) is 0 Å². The number of halogens is 4. The van der Waals surface area contributed by atoms with Crippen molar-refractivity contribution in [2.45, 2.75) is 434 Å². The molecule has 12 atom stereocenters. The van der Waals surface area contributed by atoms with Gasteiger partial charge in [0.05, 0.1) is 48.7 Å². The van der Waals surface area contributed by atoms with Crippen molar-refractivity contribution in [3.8, 4) is 0 Å². The second-order valence-electron chi connectivity index (χ2n) is 44.9. The van der Waals surface area contributed by atoms with Gasteiger partial charge in [0.15, 0.2) is 8.32 Å². The molecule has 12 unspecified atom stereocenters. The minimum Gasteiger partial charge on any atom is -0.414 e. The highest BCUT2D eigenvalue weighted by molar-refractivity contribution is 6.81. The van der Waals surface area contributed by atoms with Gasteiger partial charge in [-0.1, -0.05) is 243 Å². The molecule has 0 amide bonds. The first-order valence-electron chi connectivity index (χ1n) is 45.2. The Morgan fingerprint density at radius 1 is 0.306 bits per heavy atom. The minimum absolute atomic E-state index is 0.0213. The summed E-state index contributed by atoms with van der Waals surface area (Å²) >= 11 is 0. The van der Waals surface area contributed by atoms with Gasteiger partial charge < -0.3 is 27.5 Å². The average molecular weight is 1670 g/mol. The quantitative estimate of drug-likeness (QED) is 0.0764. The number of hydrogen-bond acceptors (Lipinski definition) is 8. The maximum absolute atomic E-state index is 13.3. The summed E-state index contributed by atoms with van der Waals surface area (Å²) in [5, 5.41) is 0. The number of hydrogen-bond donors (Lipinski definition) is 0. The Labute approximate surface area is 682 Å². The molecule has 0 saturated carbocycles. The highest BCUT2D eigenvalue weighted by atomic mass is 28.4. The van der Waals surface area contributed by atoms with E-state index in [-0.39, 0.29) is 48.3 Å². The summed E-state index contributed by atoms with van der Waals surface area (Å²) in [6.07, 6.45) is 3.65. The van der Waals surface area contributed by atoms with Crippen LogP contribution in [0.1, 0.15) is 235 Å². The minimum atomic E-state index is -4.29. The summed E-state index contributed by atoms with van der Waals surface area (Å²) in [5.41, 5.74) is 0. The van der Waals surface area contributed by atoms with Crippen LogP contribution in [-0.4, -0.2) is 185 Å². The third-order valence-electron chi connectivity index (χ3n) is 26.9. The van der Waals surface area contributed by atoms with Crippen molar-refractivity contribution in [1.29, 1.82) is 0 Å². The van der Waals surface area contributed by atoms with Crippen molar-refractivity contribution >= 4 is 66.9 Å². The average Bonchev–Trinajstić information content (AvgIpc) is 1.71. The number of rotatable bonds is 18. The summed E-state index contributed by atoms with van der Waals surface area (Å²) < 4.78 is 75.8. The Morgan fingerprint density at radius 3 is 0.963 bits per heavy atom. The van der Waals surface area contributed by atoms with Gasteiger partial charge in [-0.2, -0.15) is 0 Å². The van der Waals surface area contributed by atoms with Gasteiger partial charge >= 0.3 is 26.3 Å². The largest absolute Gasteiger partial charge is 0.578 e. The van der Waals surface area contributed by atoms with Crippen LogP contribution in [0.2, 0.25) is 132 Å². The lowest BCUT2D eigenvalue weighted by Crippen LogP contribution is -2.53. The molecule has 0 aromatic heterocycles. The molecule has 0 aromatic carbocycles. The SMILES string of the molecule is CC(C)C1CO[Si](C)(C)OC1C(C)C.CC(C)C1C[Si](C)(C)CC1C(C)C.CC(C)C1C[Si](C)(C)CCN1C(C)C.CC(C)C1C[Si](C)(C)CN1C(C)C.CC(C)C1C[Si](C)(C)OC1C(C)C.CC(C)C1C[Si](F)(F)CN1C(C)C.CC(C)C1C[Si](F)(F)OC1C(C)C.CC[Si]1(CC)CC(C(C)C)N(C(C)C)C1. The predicted molar refractivity (Wildman–Crippen MR) is 492 cm³/mol. The third-order valence-corrected chi connectivity index (χ3v) is 48.6. The molecular weight excluding hydrogens is 1480 g/mol. The standard InChI is InChI=1S/C13H29NSi.C12H27NSi.C12H26Si.C11H25NSi.C11H24O2Si.C11H24OSi.C9H19F2NSi.C9H18F2OSi/c1-7-15(8-2)9-13(11(3)4)14(10-15)12(5)6;1-10(2)12-9-14(5,6)8-7-13(12)11(3)4;2*1-9(2)11-7-13(5,6)8-12(11)10(3)4;1-8(2)10-7-12-14(5,6)13-11(10)9(3)4;1-8(2)10-7-13(5,6)12-11(10)9(3)4;1-7(2)9-5-13(10,11)6-12(9)8(3)4;1-6(2)8-5-13(10,11)12-9(8)7(3)4/h11-13H,7-10H2,1-6H3;10-12H,7-9H2,1-6H3;9-12H,7-8H2,1-6H3;9-11H,7-8H2,1-6H3;8-11H,7H2,1-6H3;8-11H,7H2,1-6H3;7-9H,5-6H2,1-4H3;6-9H,5H2,1-4H3. The smallest absolute Gasteiger partial charge is 0.414 e. The van der Waals surface area contributed by atoms with E-state index in [2.05, 4.69) is 260 Å². The molecule has 0 spiro atoms. The van der Waals surface area contributed by atoms with E-state index in [1.807, 2.05) is 60.3 Å². The van der Waals surface area contributed by atoms with E-state index in [4.69, 9.17) is 17.7 Å². The topological polar surface area (TPSA) is 49.9 Å². The molecule has 0 bridgehead atoms. The van der Waals surface area contributed by atoms with Crippen LogP contribution in [-0.2, 0) is 17.7 Å². The molecule has 8 rings (SSSR count). The van der Waals surface area contributed by atoms with Crippen LogP contribution in [0.15, 0.2) is 0 Å². The van der Waals surface area contributed by atoms with Crippen LogP contribution >= 0.6 is 0 Å². The summed E-state index contributed by atoms with van der Waals surface area (Å²) in [6, 6.07) is 18.9. The zero-order chi connectivity index (χ0) is 84.6. The highest BCUT2D eigenvalue weighted by Crippen LogP contribution is 2.48. The lowest BCUT2D eigenvalue weighted by atomic mass is 9.80. The fourth-order valence-corrected chi connectivity index (χ4v) is 44.9. The van der Waals surface area contributed by atoms with Crippen LogP contribution in [0.4, 0.5) is 16.4 Å². The Morgan fingerprint density at radius 2 is 0.639 bits per heavy atom. The monoisotopic (exact) mass is 1670 g/mol. The molecule has 0 aromatic rings. The van der Waals surface area contributed by atoms with E-state index in [1.54, 1.807) is 18.1 Å². The van der Waals surface area contributed by atoms with Gasteiger partial charge in [-0.15, -0.1) is 0 Å². The molecule has 8 aliphatic heterocycles. The molecule has 648 valence electrons. The van der Waals surface area contributed by atoms with Gasteiger partial charge in [-0.3, -0.25) is 18.0 Å². The van der Waals surface area contributed by atoms with E-state index in [9.17, 15) is 16.4 Å². The molecule has 20 heteroatoms. The van der Waals surface area contributed by atoms with Gasteiger partial charge in [0, 0.05) is 81.0 Å². The second-order valence-corrected chi connectivity index (χ2v) is 77.4. The van der Waals surface area contributed by atoms with Crippen molar-refractivity contribution in [3.05, 3.63) is 0 Å². The molecule has 0 radical (unpaired) electrons. The molecule has 108 heavy (non-hydrogen) atoms. The van der Waals surface area contributed by atoms with Crippen molar-refractivity contribution in [3.63, 3.8) is 0 Å². The summed E-state index contributed by atoms with van der Waals surface area (Å²) in [4.78, 5) is 10.2. The van der Waals surface area contributed by atoms with Crippen molar-refractivity contribution in [1.82, 2.24) is 19.6 Å². The van der Waals surface area contributed by atoms with E-state index >= 15 is 0 Å². The van der Waals surface area contributed by atoms with Gasteiger partial charge in [0.2, 0.25) is 0 Å². The lowest BCUT2D eigenvalue weighted by molar-refractivity contribution is -0.0404. The Balaban J connectivity index is 0.000000617. The fourth-order valence-electron chi connectivity index (χ4n) is 19.9. The first-order valence-corrected chi connectivity index (χ1v) is 68.3. The van der Waals surface area contributed by atoms with Gasteiger partial charge in [-0.25, -0.2) is 8.22 Å². The maximum atomic E-state index is 13.3. The molecular formula is C88H192F4N4O4Si8. The Hall–Kier alpha value is 1.14. The van der Waals surface area contributed by atoms with Gasteiger partial charge in [-0.05, 0) is 225 Å². The molecule has 0 N–H and O–H groups in total. The summed E-state index contributed by atoms with van der Waals surface area (Å²) in [6.45, 7) is 104. The third kappa shape index (κ3) is 35.2. The van der Waals surface area contributed by atoms with E-state index in [0.717, 1.165) is 96.1 Å². The molecule has 8 aliphatic rings. The summed E-state index contributed by atoms with van der Waals surface area (Å²) in [7, 11) is -14.7. The lowest BCUT2D eigenvalue weighted by Gasteiger charge is -2.46. The zero-order valence-corrected chi connectivity index (χ0v) is 88.4. The molecule has 8 saturated heterocycles. The second kappa shape index (κ2) is 45.5. The molecule has 8 fully saturated rings. The number of nitrogens with zero attached hydrogens (tertiary/aromatic N) is 4. The van der Waals surface area contributed by atoms with Gasteiger partial charge in [0.25, 0.3) is 0 Å².